The number of sulfone groups is 1. The summed E-state index contributed by atoms with van der Waals surface area (Å²) in [5, 5.41) is 4.86. The molecule has 0 spiro atoms. The van der Waals surface area contributed by atoms with E-state index in [2.05, 4.69) is 15.4 Å². The number of benzene rings is 1. The Morgan fingerprint density at radius 3 is 2.67 bits per heavy atom. The third-order valence-corrected chi connectivity index (χ3v) is 4.69. The zero-order valence-electron chi connectivity index (χ0n) is 10.9. The molecule has 2 N–H and O–H groups in total. The number of nitrogens with one attached hydrogen (secondary N) is 2. The van der Waals surface area contributed by atoms with Crippen LogP contribution in [0.15, 0.2) is 24.3 Å². The van der Waals surface area contributed by atoms with Crippen molar-refractivity contribution in [2.75, 3.05) is 16.8 Å². The van der Waals surface area contributed by atoms with E-state index >= 15 is 0 Å². The first kappa shape index (κ1) is 15.5. The fraction of sp³-hybridized carbons (Fsp3) is 0.417. The molecule has 1 heterocycles. The Morgan fingerprint density at radius 1 is 1.33 bits per heavy atom. The molecule has 116 valence electrons. The molecule has 9 heteroatoms. The number of alkyl halides is 2. The maximum Gasteiger partial charge on any atom is 0.387 e. The van der Waals surface area contributed by atoms with Crippen LogP contribution < -0.4 is 15.4 Å². The van der Waals surface area contributed by atoms with Crippen molar-refractivity contribution in [2.45, 2.75) is 19.1 Å². The average Bonchev–Trinajstić information content (AvgIpc) is 2.70. The molecule has 1 aromatic rings. The van der Waals surface area contributed by atoms with Gasteiger partial charge in [0.2, 0.25) is 0 Å². The van der Waals surface area contributed by atoms with E-state index in [1.165, 1.54) is 18.2 Å². The molecule has 0 radical (unpaired) electrons. The van der Waals surface area contributed by atoms with Gasteiger partial charge in [-0.2, -0.15) is 8.78 Å². The monoisotopic (exact) mass is 320 g/mol. The van der Waals surface area contributed by atoms with Crippen LogP contribution in [0.2, 0.25) is 0 Å². The summed E-state index contributed by atoms with van der Waals surface area (Å²) in [4.78, 5) is 11.8. The molecule has 0 aliphatic carbocycles. The number of ether oxygens (including phenoxy) is 1. The fourth-order valence-electron chi connectivity index (χ4n) is 2.02. The lowest BCUT2D eigenvalue weighted by molar-refractivity contribution is -0.0493. The third-order valence-electron chi connectivity index (χ3n) is 2.92. The van der Waals surface area contributed by atoms with Crippen LogP contribution in [0.3, 0.4) is 0 Å². The number of carbonyl (C=O) groups is 1. The summed E-state index contributed by atoms with van der Waals surface area (Å²) in [5.41, 5.74) is 0.0798. The van der Waals surface area contributed by atoms with E-state index in [1.807, 2.05) is 0 Å². The molecule has 1 atom stereocenters. The van der Waals surface area contributed by atoms with Crippen molar-refractivity contribution in [2.24, 2.45) is 0 Å². The molecular formula is C12H14F2N2O4S. The Morgan fingerprint density at radius 2 is 2.05 bits per heavy atom. The van der Waals surface area contributed by atoms with Crippen molar-refractivity contribution in [1.82, 2.24) is 5.32 Å². The molecule has 1 aromatic carbocycles. The molecule has 6 nitrogen and oxygen atoms in total. The smallest absolute Gasteiger partial charge is 0.387 e. The lowest BCUT2D eigenvalue weighted by Gasteiger charge is -2.14. The summed E-state index contributed by atoms with van der Waals surface area (Å²) >= 11 is 0. The van der Waals surface area contributed by atoms with Gasteiger partial charge in [-0.3, -0.25) is 0 Å². The fourth-order valence-corrected chi connectivity index (χ4v) is 3.69. The number of urea groups is 1. The standard InChI is InChI=1S/C12H14F2N2O4S/c13-11(14)20-10-4-2-1-3-9(10)16-12(17)15-8-5-6-21(18,19)7-8/h1-4,8,11H,5-7H2,(H2,15,16,17)/t8-/m0/s1. The second-order valence-electron chi connectivity index (χ2n) is 4.57. The molecule has 1 fully saturated rings. The van der Waals surface area contributed by atoms with Gasteiger partial charge in [-0.15, -0.1) is 0 Å². The number of carbonyl (C=O) groups excluding carboxylic acids is 1. The Kier molecular flexibility index (Phi) is 4.61. The molecule has 0 saturated carbocycles. The van der Waals surface area contributed by atoms with Gasteiger partial charge in [0.05, 0.1) is 17.2 Å². The summed E-state index contributed by atoms with van der Waals surface area (Å²) in [6.07, 6.45) is 0.338. The van der Waals surface area contributed by atoms with E-state index in [1.54, 1.807) is 6.07 Å². The summed E-state index contributed by atoms with van der Waals surface area (Å²) < 4.78 is 51.3. The van der Waals surface area contributed by atoms with Crippen molar-refractivity contribution < 1.29 is 26.7 Å². The van der Waals surface area contributed by atoms with Crippen molar-refractivity contribution in [3.05, 3.63) is 24.3 Å². The Hall–Kier alpha value is -1.90. The Labute approximate surface area is 120 Å². The van der Waals surface area contributed by atoms with Gasteiger partial charge in [0.1, 0.15) is 5.75 Å². The largest absolute Gasteiger partial charge is 0.433 e. The molecule has 0 bridgehead atoms. The number of rotatable bonds is 4. The van der Waals surface area contributed by atoms with Crippen molar-refractivity contribution >= 4 is 21.6 Å². The first-order chi connectivity index (χ1) is 9.85. The highest BCUT2D eigenvalue weighted by molar-refractivity contribution is 7.91. The molecule has 1 saturated heterocycles. The number of para-hydroxylation sites is 2. The van der Waals surface area contributed by atoms with E-state index in [9.17, 15) is 22.0 Å². The summed E-state index contributed by atoms with van der Waals surface area (Å²) in [6.45, 7) is -3.00. The first-order valence-electron chi connectivity index (χ1n) is 6.17. The zero-order chi connectivity index (χ0) is 15.5. The molecule has 2 rings (SSSR count). The molecule has 2 amide bonds. The van der Waals surface area contributed by atoms with E-state index < -0.39 is 28.5 Å². The number of hydrogen-bond donors (Lipinski definition) is 2. The quantitative estimate of drug-likeness (QED) is 0.882. The number of amides is 2. The van der Waals surface area contributed by atoms with Gasteiger partial charge < -0.3 is 15.4 Å². The van der Waals surface area contributed by atoms with Crippen LogP contribution in [0.4, 0.5) is 19.3 Å². The maximum atomic E-state index is 12.2. The second kappa shape index (κ2) is 6.25. The predicted octanol–water partition coefficient (Wildman–Crippen LogP) is 1.60. The Bertz CT molecular complexity index is 621. The minimum absolute atomic E-state index is 0.0308. The van der Waals surface area contributed by atoms with Crippen LogP contribution in [0.1, 0.15) is 6.42 Å². The molecule has 1 aliphatic heterocycles. The van der Waals surface area contributed by atoms with Crippen LogP contribution in [-0.4, -0.2) is 38.6 Å². The zero-order valence-corrected chi connectivity index (χ0v) is 11.7. The lowest BCUT2D eigenvalue weighted by atomic mass is 10.2. The van der Waals surface area contributed by atoms with Gasteiger partial charge in [0.15, 0.2) is 9.84 Å². The molecule has 0 unspecified atom stereocenters. The molecular weight excluding hydrogens is 306 g/mol. The van der Waals surface area contributed by atoms with E-state index in [0.717, 1.165) is 0 Å². The number of hydrogen-bond acceptors (Lipinski definition) is 4. The minimum Gasteiger partial charge on any atom is -0.433 e. The van der Waals surface area contributed by atoms with Crippen LogP contribution in [-0.2, 0) is 9.84 Å². The normalized spacial score (nSPS) is 20.2. The Balaban J connectivity index is 1.97. The highest BCUT2D eigenvalue weighted by Crippen LogP contribution is 2.25. The maximum absolute atomic E-state index is 12.2. The first-order valence-corrected chi connectivity index (χ1v) is 7.99. The van der Waals surface area contributed by atoms with Gasteiger partial charge in [-0.05, 0) is 18.6 Å². The molecule has 1 aliphatic rings. The van der Waals surface area contributed by atoms with Gasteiger partial charge in [-0.1, -0.05) is 12.1 Å². The highest BCUT2D eigenvalue weighted by Gasteiger charge is 2.29. The van der Waals surface area contributed by atoms with Gasteiger partial charge in [0, 0.05) is 6.04 Å². The van der Waals surface area contributed by atoms with Gasteiger partial charge >= 0.3 is 12.6 Å². The van der Waals surface area contributed by atoms with Crippen LogP contribution in [0.25, 0.3) is 0 Å². The van der Waals surface area contributed by atoms with Crippen molar-refractivity contribution in [3.63, 3.8) is 0 Å². The minimum atomic E-state index is -3.10. The third kappa shape index (κ3) is 4.55. The van der Waals surface area contributed by atoms with E-state index in [4.69, 9.17) is 0 Å². The average molecular weight is 320 g/mol. The van der Waals surface area contributed by atoms with E-state index in [0.29, 0.717) is 6.42 Å². The SMILES string of the molecule is O=C(Nc1ccccc1OC(F)F)N[C@H]1CCS(=O)(=O)C1. The van der Waals surface area contributed by atoms with Crippen LogP contribution in [0.5, 0.6) is 5.75 Å². The predicted molar refractivity (Wildman–Crippen MR) is 72.3 cm³/mol. The topological polar surface area (TPSA) is 84.5 Å². The summed E-state index contributed by atoms with van der Waals surface area (Å²) in [5.74, 6) is -0.250. The lowest BCUT2D eigenvalue weighted by Crippen LogP contribution is -2.38. The summed E-state index contributed by atoms with van der Waals surface area (Å²) in [7, 11) is -3.10. The number of halogens is 2. The van der Waals surface area contributed by atoms with Crippen molar-refractivity contribution in [3.8, 4) is 5.75 Å². The highest BCUT2D eigenvalue weighted by atomic mass is 32.2. The second-order valence-corrected chi connectivity index (χ2v) is 6.80. The number of anilines is 1. The van der Waals surface area contributed by atoms with Crippen LogP contribution >= 0.6 is 0 Å². The molecule has 0 aromatic heterocycles. The van der Waals surface area contributed by atoms with Gasteiger partial charge in [-0.25, -0.2) is 13.2 Å². The van der Waals surface area contributed by atoms with Crippen LogP contribution in [0, 0.1) is 0 Å². The summed E-state index contributed by atoms with van der Waals surface area (Å²) in [6, 6.07) is 4.60. The molecule has 21 heavy (non-hydrogen) atoms. The van der Waals surface area contributed by atoms with E-state index in [-0.39, 0.29) is 22.9 Å². The van der Waals surface area contributed by atoms with Crippen molar-refractivity contribution in [1.29, 1.82) is 0 Å². The van der Waals surface area contributed by atoms with Gasteiger partial charge in [0.25, 0.3) is 0 Å².